The van der Waals surface area contributed by atoms with Crippen LogP contribution >= 0.6 is 11.6 Å². The first-order chi connectivity index (χ1) is 19.3. The van der Waals surface area contributed by atoms with E-state index < -0.39 is 17.7 Å². The molecule has 4 nitrogen and oxygen atoms in total. The van der Waals surface area contributed by atoms with Gasteiger partial charge < -0.3 is 9.88 Å². The minimum Gasteiger partial charge on any atom is -0.356 e. The third-order valence-corrected chi connectivity index (χ3v) is 7.24. The molecule has 0 saturated heterocycles. The normalized spacial score (nSPS) is 12.4. The summed E-state index contributed by atoms with van der Waals surface area (Å²) in [5.41, 5.74) is 3.11. The third-order valence-electron chi connectivity index (χ3n) is 6.91. The zero-order chi connectivity index (χ0) is 28.1. The largest absolute Gasteiger partial charge is 0.417 e. The molecule has 5 rings (SSSR count). The summed E-state index contributed by atoms with van der Waals surface area (Å²) >= 11 is 5.94. The highest BCUT2D eigenvalue weighted by Gasteiger charge is 2.34. The number of nitrogens with one attached hydrogen (secondary N) is 1. The van der Waals surface area contributed by atoms with Gasteiger partial charge >= 0.3 is 6.18 Å². The number of aromatic nitrogens is 2. The van der Waals surface area contributed by atoms with Gasteiger partial charge in [0.2, 0.25) is 5.91 Å². The fourth-order valence-electron chi connectivity index (χ4n) is 4.98. The van der Waals surface area contributed by atoms with E-state index in [0.717, 1.165) is 33.8 Å². The Bertz CT molecular complexity index is 1600. The van der Waals surface area contributed by atoms with Crippen molar-refractivity contribution in [2.24, 2.45) is 0 Å². The zero-order valence-electron chi connectivity index (χ0n) is 21.5. The molecule has 0 fully saturated rings. The Hall–Kier alpha value is -4.10. The predicted molar refractivity (Wildman–Crippen MR) is 151 cm³/mol. The Morgan fingerprint density at radius 2 is 1.70 bits per heavy atom. The number of fused-ring (bicyclic) bond motifs is 1. The maximum Gasteiger partial charge on any atom is 0.417 e. The van der Waals surface area contributed by atoms with Gasteiger partial charge in [-0.3, -0.25) is 9.78 Å². The molecule has 3 aromatic carbocycles. The lowest BCUT2D eigenvalue weighted by molar-refractivity contribution is -0.137. The summed E-state index contributed by atoms with van der Waals surface area (Å²) in [5, 5.41) is 3.43. The van der Waals surface area contributed by atoms with Crippen LogP contribution in [0.25, 0.3) is 10.9 Å². The molecule has 0 radical (unpaired) electrons. The molecule has 204 valence electrons. The molecule has 0 aliphatic rings. The zero-order valence-corrected chi connectivity index (χ0v) is 22.3. The maximum absolute atomic E-state index is 13.8. The van der Waals surface area contributed by atoms with Crippen molar-refractivity contribution in [1.29, 1.82) is 0 Å². The molecular formula is C32H27ClF3N3O. The third kappa shape index (κ3) is 6.37. The Morgan fingerprint density at radius 1 is 0.950 bits per heavy atom. The summed E-state index contributed by atoms with van der Waals surface area (Å²) in [7, 11) is 0. The molecule has 40 heavy (non-hydrogen) atoms. The van der Waals surface area contributed by atoms with Crippen molar-refractivity contribution < 1.29 is 18.0 Å². The topological polar surface area (TPSA) is 46.9 Å². The minimum atomic E-state index is -4.62. The monoisotopic (exact) mass is 561 g/mol. The lowest BCUT2D eigenvalue weighted by Gasteiger charge is -2.19. The molecule has 0 aliphatic carbocycles. The molecule has 0 bridgehead atoms. The first kappa shape index (κ1) is 27.5. The van der Waals surface area contributed by atoms with Gasteiger partial charge in [0.25, 0.3) is 0 Å². The second kappa shape index (κ2) is 12.0. The smallest absolute Gasteiger partial charge is 0.356 e. The van der Waals surface area contributed by atoms with E-state index in [4.69, 9.17) is 11.6 Å². The van der Waals surface area contributed by atoms with Crippen LogP contribution in [-0.4, -0.2) is 22.0 Å². The molecule has 2 heterocycles. The number of pyridine rings is 1. The Morgan fingerprint density at radius 3 is 2.45 bits per heavy atom. The number of benzene rings is 3. The van der Waals surface area contributed by atoms with Crippen molar-refractivity contribution >= 4 is 28.4 Å². The number of hydrogen-bond donors (Lipinski definition) is 1. The summed E-state index contributed by atoms with van der Waals surface area (Å²) in [4.78, 5) is 17.5. The average Bonchev–Trinajstić information content (AvgIpc) is 3.30. The molecule has 5 aromatic rings. The van der Waals surface area contributed by atoms with E-state index in [9.17, 15) is 18.0 Å². The summed E-state index contributed by atoms with van der Waals surface area (Å²) in [6.07, 6.45) is -0.459. The molecular weight excluding hydrogens is 535 g/mol. The van der Waals surface area contributed by atoms with Crippen LogP contribution < -0.4 is 5.32 Å². The molecule has 0 unspecified atom stereocenters. The molecule has 1 N–H and O–H groups in total. The summed E-state index contributed by atoms with van der Waals surface area (Å²) in [6, 6.07) is 27.2. The van der Waals surface area contributed by atoms with Crippen molar-refractivity contribution in [1.82, 2.24) is 14.9 Å². The number of amides is 1. The summed E-state index contributed by atoms with van der Waals surface area (Å²) in [5.74, 6) is -0.889. The van der Waals surface area contributed by atoms with Crippen molar-refractivity contribution in [2.45, 2.75) is 31.5 Å². The standard InChI is InChI=1S/C32H27ClF3N3O/c33-29-14-13-23(18-28(29)32(34,35)36)26(19-31(40)38-17-15-24-10-6-7-16-37-24)27-21-39(20-22-8-2-1-3-9-22)30-12-5-4-11-25(27)30/h1-14,16,18,21,26H,15,17,19-20H2,(H,38,40)/t26-/m1/s1. The number of nitrogens with zero attached hydrogens (tertiary/aromatic N) is 2. The highest BCUT2D eigenvalue weighted by atomic mass is 35.5. The van der Waals surface area contributed by atoms with Crippen LogP contribution in [-0.2, 0) is 23.9 Å². The molecule has 8 heteroatoms. The van der Waals surface area contributed by atoms with E-state index >= 15 is 0 Å². The number of carbonyl (C=O) groups excluding carboxylic acids is 1. The number of halogens is 4. The van der Waals surface area contributed by atoms with Gasteiger partial charge in [0.05, 0.1) is 10.6 Å². The van der Waals surface area contributed by atoms with Crippen LogP contribution in [0, 0.1) is 0 Å². The van der Waals surface area contributed by atoms with Crippen LogP contribution in [0.4, 0.5) is 13.2 Å². The highest BCUT2D eigenvalue weighted by Crippen LogP contribution is 2.40. The van der Waals surface area contributed by atoms with Crippen LogP contribution in [0.5, 0.6) is 0 Å². The summed E-state index contributed by atoms with van der Waals surface area (Å²) in [6.45, 7) is 0.950. The molecule has 0 saturated carbocycles. The van der Waals surface area contributed by atoms with E-state index in [1.165, 1.54) is 6.07 Å². The molecule has 0 aliphatic heterocycles. The fourth-order valence-corrected chi connectivity index (χ4v) is 5.21. The van der Waals surface area contributed by atoms with Crippen molar-refractivity contribution in [2.75, 3.05) is 6.54 Å². The van der Waals surface area contributed by atoms with Gasteiger partial charge in [0.1, 0.15) is 0 Å². The van der Waals surface area contributed by atoms with Gasteiger partial charge in [-0.1, -0.05) is 72.3 Å². The van der Waals surface area contributed by atoms with E-state index in [2.05, 4.69) is 14.9 Å². The van der Waals surface area contributed by atoms with Gasteiger partial charge in [-0.25, -0.2) is 0 Å². The SMILES string of the molecule is O=C(C[C@H](c1ccc(Cl)c(C(F)(F)F)c1)c1cn(Cc2ccccc2)c2ccccc12)NCCc1ccccn1. The van der Waals surface area contributed by atoms with Gasteiger partial charge in [-0.2, -0.15) is 13.2 Å². The van der Waals surface area contributed by atoms with Crippen LogP contribution in [0.1, 0.15) is 40.3 Å². The van der Waals surface area contributed by atoms with Crippen molar-refractivity contribution in [3.8, 4) is 0 Å². The van der Waals surface area contributed by atoms with Gasteiger partial charge in [0.15, 0.2) is 0 Å². The van der Waals surface area contributed by atoms with Crippen molar-refractivity contribution in [3.63, 3.8) is 0 Å². The molecule has 0 spiro atoms. The van der Waals surface area contributed by atoms with Gasteiger partial charge in [-0.05, 0) is 47.0 Å². The number of hydrogen-bond acceptors (Lipinski definition) is 2. The van der Waals surface area contributed by atoms with Crippen LogP contribution in [0.15, 0.2) is 103 Å². The number of rotatable bonds is 9. The van der Waals surface area contributed by atoms with Crippen LogP contribution in [0.2, 0.25) is 5.02 Å². The van der Waals surface area contributed by atoms with Crippen LogP contribution in [0.3, 0.4) is 0 Å². The number of carbonyl (C=O) groups is 1. The number of para-hydroxylation sites is 1. The predicted octanol–water partition coefficient (Wildman–Crippen LogP) is 7.64. The van der Waals surface area contributed by atoms with Crippen molar-refractivity contribution in [3.05, 3.63) is 136 Å². The van der Waals surface area contributed by atoms with E-state index in [-0.39, 0.29) is 17.4 Å². The van der Waals surface area contributed by atoms with E-state index in [1.807, 2.05) is 79.0 Å². The second-order valence-corrected chi connectivity index (χ2v) is 10.0. The van der Waals surface area contributed by atoms with E-state index in [0.29, 0.717) is 25.1 Å². The Labute approximate surface area is 235 Å². The second-order valence-electron chi connectivity index (χ2n) is 9.63. The highest BCUT2D eigenvalue weighted by molar-refractivity contribution is 6.31. The molecule has 1 amide bonds. The Kier molecular flexibility index (Phi) is 8.21. The average molecular weight is 562 g/mol. The minimum absolute atomic E-state index is 0.0273. The summed E-state index contributed by atoms with van der Waals surface area (Å²) < 4.78 is 43.5. The first-order valence-corrected chi connectivity index (χ1v) is 13.3. The molecule has 2 aromatic heterocycles. The lowest BCUT2D eigenvalue weighted by Crippen LogP contribution is -2.27. The van der Waals surface area contributed by atoms with Gasteiger partial charge in [-0.15, -0.1) is 0 Å². The maximum atomic E-state index is 13.8. The number of alkyl halides is 3. The van der Waals surface area contributed by atoms with E-state index in [1.54, 1.807) is 12.3 Å². The molecule has 1 atom stereocenters. The lowest BCUT2D eigenvalue weighted by atomic mass is 9.87. The first-order valence-electron chi connectivity index (χ1n) is 12.9. The fraction of sp³-hybridized carbons (Fsp3) is 0.188. The Balaban J connectivity index is 1.51. The quantitative estimate of drug-likeness (QED) is 0.201. The van der Waals surface area contributed by atoms with Gasteiger partial charge in [0, 0.05) is 60.8 Å².